The zero-order chi connectivity index (χ0) is 26.3. The fraction of sp³-hybridized carbons (Fsp3) is 0.120. The summed E-state index contributed by atoms with van der Waals surface area (Å²) < 4.78 is 10.6. The van der Waals surface area contributed by atoms with E-state index in [0.717, 1.165) is 4.90 Å². The number of halogens is 4. The molecular formula is C25H17Cl4NO6. The molecule has 0 spiro atoms. The summed E-state index contributed by atoms with van der Waals surface area (Å²) in [7, 11) is 2.67. The Balaban J connectivity index is 2.04. The van der Waals surface area contributed by atoms with Gasteiger partial charge in [-0.2, -0.15) is 0 Å². The molecule has 1 aliphatic heterocycles. The minimum Gasteiger partial charge on any atom is -0.508 e. The number of carbonyl (C=O) groups is 2. The van der Waals surface area contributed by atoms with Gasteiger partial charge in [-0.3, -0.25) is 14.5 Å². The van der Waals surface area contributed by atoms with Gasteiger partial charge in [0.15, 0.2) is 11.5 Å². The molecule has 11 heteroatoms. The van der Waals surface area contributed by atoms with Gasteiger partial charge in [0.05, 0.1) is 36.4 Å². The summed E-state index contributed by atoms with van der Waals surface area (Å²) in [6.45, 7) is 0. The van der Waals surface area contributed by atoms with Crippen LogP contribution < -0.4 is 14.4 Å². The molecule has 0 bridgehead atoms. The third-order valence-electron chi connectivity index (χ3n) is 5.55. The molecule has 1 fully saturated rings. The molecule has 7 nitrogen and oxygen atoms in total. The maximum absolute atomic E-state index is 13.4. The lowest BCUT2D eigenvalue weighted by atomic mass is 9.94. The van der Waals surface area contributed by atoms with Crippen molar-refractivity contribution >= 4 is 69.5 Å². The van der Waals surface area contributed by atoms with Crippen LogP contribution in [0.4, 0.5) is 5.69 Å². The number of aliphatic hydroxyl groups excluding tert-OH is 1. The number of amides is 1. The molecule has 0 aliphatic carbocycles. The van der Waals surface area contributed by atoms with E-state index in [1.54, 1.807) is 6.07 Å². The smallest absolute Gasteiger partial charge is 0.300 e. The van der Waals surface area contributed by atoms with Crippen molar-refractivity contribution in [3.63, 3.8) is 0 Å². The molecule has 0 saturated carbocycles. The molecule has 1 aliphatic rings. The van der Waals surface area contributed by atoms with E-state index in [1.165, 1.54) is 56.7 Å². The first-order chi connectivity index (χ1) is 17.1. The van der Waals surface area contributed by atoms with Crippen LogP contribution in [0.15, 0.2) is 54.1 Å². The number of phenolic OH excluding ortho intramolecular Hbond substituents is 1. The van der Waals surface area contributed by atoms with E-state index in [0.29, 0.717) is 5.56 Å². The second-order valence-electron chi connectivity index (χ2n) is 7.68. The van der Waals surface area contributed by atoms with Crippen LogP contribution in [-0.2, 0) is 9.59 Å². The number of hydrogen-bond acceptors (Lipinski definition) is 6. The van der Waals surface area contributed by atoms with Crippen LogP contribution in [0.3, 0.4) is 0 Å². The predicted molar refractivity (Wildman–Crippen MR) is 139 cm³/mol. The number of aliphatic hydroxyl groups is 1. The summed E-state index contributed by atoms with van der Waals surface area (Å²) in [5.74, 6) is -2.58. The van der Waals surface area contributed by atoms with Crippen molar-refractivity contribution in [3.8, 4) is 17.2 Å². The standard InChI is InChI=1S/C25H17Cl4NO6/c1-35-23-16(10-17(28)24(36-2)19(23)29)21(32)18-20(11-4-3-5-15(31)6-11)30(25(34)22(18)33)14-8-12(26)7-13(27)9-14/h3-10,20,31-32H,1-2H3/b21-18+. The molecule has 1 saturated heterocycles. The average molecular weight is 569 g/mol. The van der Waals surface area contributed by atoms with Crippen molar-refractivity contribution < 1.29 is 29.3 Å². The molecular weight excluding hydrogens is 552 g/mol. The molecule has 1 amide bonds. The van der Waals surface area contributed by atoms with Gasteiger partial charge in [0, 0.05) is 15.7 Å². The molecule has 0 radical (unpaired) electrons. The van der Waals surface area contributed by atoms with Gasteiger partial charge in [0.2, 0.25) is 0 Å². The molecule has 36 heavy (non-hydrogen) atoms. The van der Waals surface area contributed by atoms with E-state index >= 15 is 0 Å². The van der Waals surface area contributed by atoms with E-state index in [9.17, 15) is 19.8 Å². The number of carbonyl (C=O) groups excluding carboxylic acids is 2. The SMILES string of the molecule is COc1c(Cl)cc(/C(O)=C2\C(=O)C(=O)N(c3cc(Cl)cc(Cl)c3)C2c2cccc(O)c2)c(OC)c1Cl. The van der Waals surface area contributed by atoms with E-state index in [1.807, 2.05) is 0 Å². The number of hydrogen-bond donors (Lipinski definition) is 2. The minimum atomic E-state index is -1.17. The lowest BCUT2D eigenvalue weighted by Gasteiger charge is -2.26. The number of aromatic hydroxyl groups is 1. The summed E-state index contributed by atoms with van der Waals surface area (Å²) in [6, 6.07) is 10.4. The number of methoxy groups -OCH3 is 2. The molecule has 1 atom stereocenters. The molecule has 3 aromatic carbocycles. The summed E-state index contributed by atoms with van der Waals surface area (Å²) in [5.41, 5.74) is 0.203. The maximum atomic E-state index is 13.4. The number of rotatable bonds is 5. The highest BCUT2D eigenvalue weighted by atomic mass is 35.5. The van der Waals surface area contributed by atoms with Crippen LogP contribution in [0, 0.1) is 0 Å². The Morgan fingerprint density at radius 3 is 2.14 bits per heavy atom. The first-order valence-corrected chi connectivity index (χ1v) is 11.8. The Morgan fingerprint density at radius 2 is 1.56 bits per heavy atom. The maximum Gasteiger partial charge on any atom is 0.300 e. The lowest BCUT2D eigenvalue weighted by molar-refractivity contribution is -0.132. The van der Waals surface area contributed by atoms with Crippen LogP contribution >= 0.6 is 46.4 Å². The number of phenols is 1. The van der Waals surface area contributed by atoms with Crippen molar-refractivity contribution in [1.29, 1.82) is 0 Å². The highest BCUT2D eigenvalue weighted by Crippen LogP contribution is 2.48. The van der Waals surface area contributed by atoms with E-state index in [2.05, 4.69) is 0 Å². The van der Waals surface area contributed by atoms with Crippen LogP contribution in [0.2, 0.25) is 20.1 Å². The second-order valence-corrected chi connectivity index (χ2v) is 9.34. The third kappa shape index (κ3) is 4.44. The number of nitrogens with zero attached hydrogens (tertiary/aromatic N) is 1. The van der Waals surface area contributed by atoms with E-state index < -0.39 is 23.5 Å². The van der Waals surface area contributed by atoms with Gasteiger partial charge in [0.1, 0.15) is 16.5 Å². The normalized spacial score (nSPS) is 16.9. The number of ether oxygens (including phenoxy) is 2. The molecule has 1 unspecified atom stereocenters. The number of ketones is 1. The largest absolute Gasteiger partial charge is 0.508 e. The molecule has 2 N–H and O–H groups in total. The molecule has 1 heterocycles. The van der Waals surface area contributed by atoms with Gasteiger partial charge in [0.25, 0.3) is 11.7 Å². The highest BCUT2D eigenvalue weighted by Gasteiger charge is 2.47. The predicted octanol–water partition coefficient (Wildman–Crippen LogP) is 6.65. The second kappa shape index (κ2) is 10.1. The Labute approximate surface area is 226 Å². The Bertz CT molecular complexity index is 1420. The van der Waals surface area contributed by atoms with Gasteiger partial charge in [-0.25, -0.2) is 0 Å². The third-order valence-corrected chi connectivity index (χ3v) is 6.61. The average Bonchev–Trinajstić information content (AvgIpc) is 3.08. The quantitative estimate of drug-likeness (QED) is 0.203. The van der Waals surface area contributed by atoms with Crippen molar-refractivity contribution in [2.24, 2.45) is 0 Å². The minimum absolute atomic E-state index is 0.0259. The first-order valence-electron chi connectivity index (χ1n) is 10.2. The zero-order valence-corrected chi connectivity index (χ0v) is 21.7. The molecule has 3 aromatic rings. The Hall–Kier alpha value is -3.10. The summed E-state index contributed by atoms with van der Waals surface area (Å²) in [6.07, 6.45) is 0. The van der Waals surface area contributed by atoms with Gasteiger partial charge in [-0.1, -0.05) is 58.5 Å². The van der Waals surface area contributed by atoms with Gasteiger partial charge in [-0.05, 0) is 42.0 Å². The Morgan fingerprint density at radius 1 is 0.917 bits per heavy atom. The van der Waals surface area contributed by atoms with Crippen molar-refractivity contribution in [2.75, 3.05) is 19.1 Å². The topological polar surface area (TPSA) is 96.3 Å². The Kier molecular flexibility index (Phi) is 7.29. The fourth-order valence-corrected chi connectivity index (χ4v) is 5.28. The lowest BCUT2D eigenvalue weighted by Crippen LogP contribution is -2.29. The number of anilines is 1. The van der Waals surface area contributed by atoms with E-state index in [-0.39, 0.29) is 54.2 Å². The van der Waals surface area contributed by atoms with Crippen molar-refractivity contribution in [1.82, 2.24) is 0 Å². The van der Waals surface area contributed by atoms with Crippen LogP contribution in [0.1, 0.15) is 17.2 Å². The summed E-state index contributed by atoms with van der Waals surface area (Å²) >= 11 is 25.0. The first kappa shape index (κ1) is 26.0. The van der Waals surface area contributed by atoms with Gasteiger partial charge in [-0.15, -0.1) is 0 Å². The van der Waals surface area contributed by atoms with Crippen LogP contribution in [0.5, 0.6) is 17.2 Å². The van der Waals surface area contributed by atoms with Crippen LogP contribution in [0.25, 0.3) is 5.76 Å². The highest BCUT2D eigenvalue weighted by molar-refractivity contribution is 6.52. The van der Waals surface area contributed by atoms with Gasteiger partial charge < -0.3 is 19.7 Å². The number of Topliss-reactive ketones (excluding diaryl/α,β-unsaturated/α-hetero) is 1. The molecule has 186 valence electrons. The summed E-state index contributed by atoms with van der Waals surface area (Å²) in [4.78, 5) is 27.8. The fourth-order valence-electron chi connectivity index (χ4n) is 4.08. The van der Waals surface area contributed by atoms with E-state index in [4.69, 9.17) is 55.9 Å². The molecule has 4 rings (SSSR count). The van der Waals surface area contributed by atoms with Gasteiger partial charge >= 0.3 is 0 Å². The van der Waals surface area contributed by atoms with Crippen molar-refractivity contribution in [2.45, 2.75) is 6.04 Å². The van der Waals surface area contributed by atoms with Crippen LogP contribution in [-0.4, -0.2) is 36.1 Å². The van der Waals surface area contributed by atoms with Crippen molar-refractivity contribution in [3.05, 3.63) is 85.3 Å². The molecule has 0 aromatic heterocycles. The monoisotopic (exact) mass is 567 g/mol. The summed E-state index contributed by atoms with van der Waals surface area (Å²) in [5, 5.41) is 22.0. The number of benzene rings is 3. The zero-order valence-electron chi connectivity index (χ0n) is 18.7.